The molecule has 506 valence electrons. The van der Waals surface area contributed by atoms with Crippen molar-refractivity contribution >= 4 is 17.7 Å². The molecule has 39 heteroatoms. The zero-order valence-corrected chi connectivity index (χ0v) is 46.8. The van der Waals surface area contributed by atoms with Crippen molar-refractivity contribution in [2.75, 3.05) is 52.9 Å². The third-order valence-electron chi connectivity index (χ3n) is 15.4. The lowest BCUT2D eigenvalue weighted by molar-refractivity contribution is -0.388. The van der Waals surface area contributed by atoms with Crippen LogP contribution in [-0.2, 0) is 71.2 Å². The van der Waals surface area contributed by atoms with Crippen LogP contribution < -0.4 is 16.0 Å². The van der Waals surface area contributed by atoms with Gasteiger partial charge in [0, 0.05) is 20.8 Å². The van der Waals surface area contributed by atoms with Crippen molar-refractivity contribution in [1.82, 2.24) is 16.0 Å². The van der Waals surface area contributed by atoms with Crippen LogP contribution in [0.15, 0.2) is 0 Å². The highest BCUT2D eigenvalue weighted by molar-refractivity contribution is 5.74. The van der Waals surface area contributed by atoms with Crippen LogP contribution in [0.2, 0.25) is 0 Å². The van der Waals surface area contributed by atoms with E-state index in [1.807, 2.05) is 0 Å². The fraction of sp³-hybridized carbons (Fsp3) is 0.938. The third-order valence-corrected chi connectivity index (χ3v) is 15.4. The summed E-state index contributed by atoms with van der Waals surface area (Å²) >= 11 is 0. The van der Waals surface area contributed by atoms with Crippen molar-refractivity contribution in [1.29, 1.82) is 0 Å². The van der Waals surface area contributed by atoms with Crippen molar-refractivity contribution in [2.24, 2.45) is 0 Å². The Labute approximate surface area is 493 Å². The van der Waals surface area contributed by atoms with Gasteiger partial charge in [0.05, 0.1) is 58.9 Å². The largest absolute Gasteiger partial charge is 0.394 e. The molecule has 0 aromatic carbocycles. The second-order valence-electron chi connectivity index (χ2n) is 21.6. The molecule has 6 saturated heterocycles. The van der Waals surface area contributed by atoms with Crippen LogP contribution in [0.4, 0.5) is 0 Å². The van der Waals surface area contributed by atoms with Gasteiger partial charge < -0.3 is 180 Å². The summed E-state index contributed by atoms with van der Waals surface area (Å²) in [7, 11) is 0. The molecule has 0 aromatic heterocycles. The van der Waals surface area contributed by atoms with E-state index in [1.54, 1.807) is 0 Å². The Bertz CT molecular complexity index is 2130. The number of hydrogen-bond acceptors (Lipinski definition) is 36. The van der Waals surface area contributed by atoms with Crippen molar-refractivity contribution in [3.63, 3.8) is 0 Å². The van der Waals surface area contributed by atoms with Gasteiger partial charge in [0.25, 0.3) is 0 Å². The lowest BCUT2D eigenvalue weighted by Crippen LogP contribution is -2.70. The van der Waals surface area contributed by atoms with Crippen molar-refractivity contribution in [3.8, 4) is 0 Å². The Balaban J connectivity index is 1.31. The SMILES string of the molecule is CC(=O)N[C@H]1[C@H](O[C@@H]([C@H](O)[C@H](CO)NC(C)=O)[C@H](O)CO)O[C@H](CO)[C@@H](O[C@@H]2O[C@H](CO[C@H]3O[C@H](CO)[C@@H](O)[C@H](O)[C@@H]3O[C@@H]3O[C@H](CO)[C@@H](O[C@@H]4O[C@H](CO)[C@H](O)[C@H](O)[C@H]4O)[C@H](O)[C@H]3NC(C)=O)[C@@H](O)[C@H](O[C@H]3O[C@H](CO)[C@@H](O)[C@H](O)[C@@H]3O)[C@@H]2O)[C@@H]1O. The molecule has 6 aliphatic heterocycles. The van der Waals surface area contributed by atoms with E-state index in [9.17, 15) is 122 Å². The number of aliphatic hydroxyl groups is 21. The number of hydrogen-bond donors (Lipinski definition) is 24. The molecule has 6 fully saturated rings. The number of carbonyl (C=O) groups is 3. The van der Waals surface area contributed by atoms with E-state index >= 15 is 0 Å². The van der Waals surface area contributed by atoms with E-state index in [-0.39, 0.29) is 0 Å². The van der Waals surface area contributed by atoms with Crippen LogP contribution in [0, 0.1) is 0 Å². The monoisotopic (exact) mass is 1280 g/mol. The summed E-state index contributed by atoms with van der Waals surface area (Å²) in [6.07, 6.45) is -62.3. The topological polar surface area (TPSA) is 623 Å². The van der Waals surface area contributed by atoms with Crippen molar-refractivity contribution in [2.45, 2.75) is 229 Å². The fourth-order valence-electron chi connectivity index (χ4n) is 10.7. The first-order valence-electron chi connectivity index (χ1n) is 27.5. The first-order valence-corrected chi connectivity index (χ1v) is 27.5. The molecule has 0 bridgehead atoms. The lowest BCUT2D eigenvalue weighted by Gasteiger charge is -2.50. The molecule has 87 heavy (non-hydrogen) atoms. The van der Waals surface area contributed by atoms with Crippen molar-refractivity contribution in [3.05, 3.63) is 0 Å². The van der Waals surface area contributed by atoms with Gasteiger partial charge in [0.15, 0.2) is 37.7 Å². The average Bonchev–Trinajstić information content (AvgIpc) is 0.946. The van der Waals surface area contributed by atoms with E-state index < -0.39 is 279 Å². The number of amides is 3. The van der Waals surface area contributed by atoms with Crippen LogP contribution >= 0.6 is 0 Å². The quantitative estimate of drug-likeness (QED) is 0.0382. The van der Waals surface area contributed by atoms with E-state index in [0.29, 0.717) is 0 Å². The average molecular weight is 1280 g/mol. The molecule has 0 spiro atoms. The van der Waals surface area contributed by atoms with E-state index in [2.05, 4.69) is 16.0 Å². The first kappa shape index (κ1) is 73.1. The first-order chi connectivity index (χ1) is 41.1. The Kier molecular flexibility index (Phi) is 27.4. The standard InChI is InChI=1S/C48H83N3O36/c1-12(59)49-15(4-52)25(63)38(16(62)5-53)83-43-23(50-13(2)60)30(68)40(21(10-58)80-43)85-47-37(75)41(86-46-36(74)33(71)27(65)18(7-55)78-46)29(67)22(82-47)11-76-48-42(34(72)28(66)19(8-56)79-48)87-44-24(51-14(3)61)31(69)39(20(9-57)81-44)84-45-35(73)32(70)26(64)17(6-54)77-45/h15-48,52-58,62-75H,4-11H2,1-3H3,(H,49,59)(H,50,60)(H,51,61)/t15-,16+,17+,18+,19+,20+,21+,22+,23+,24+,25+,26-,27+,28+,29+,30+,31+,32-,33-,34-,35+,36-,37-,38+,39+,40+,41-,42-,43-,44-,45-,46+,47-,48-/m0/s1. The summed E-state index contributed by atoms with van der Waals surface area (Å²) in [5.74, 6) is -2.55. The predicted molar refractivity (Wildman–Crippen MR) is 269 cm³/mol. The molecule has 0 unspecified atom stereocenters. The highest BCUT2D eigenvalue weighted by Gasteiger charge is 2.58. The van der Waals surface area contributed by atoms with Crippen molar-refractivity contribution < 1.29 is 178 Å². The van der Waals surface area contributed by atoms with Crippen LogP contribution in [0.5, 0.6) is 0 Å². The summed E-state index contributed by atoms with van der Waals surface area (Å²) in [4.78, 5) is 37.2. The van der Waals surface area contributed by atoms with Gasteiger partial charge in [-0.3, -0.25) is 14.4 Å². The van der Waals surface area contributed by atoms with Crippen LogP contribution in [0.25, 0.3) is 0 Å². The maximum absolute atomic E-state index is 12.7. The summed E-state index contributed by atoms with van der Waals surface area (Å²) < 4.78 is 69.7. The number of nitrogens with one attached hydrogen (secondary N) is 3. The Morgan fingerprint density at radius 3 is 1.22 bits per heavy atom. The molecule has 6 aliphatic rings. The fourth-order valence-corrected chi connectivity index (χ4v) is 10.7. The molecule has 0 saturated carbocycles. The number of aliphatic hydroxyl groups excluding tert-OH is 21. The Hall–Kier alpha value is -2.91. The van der Waals surface area contributed by atoms with Gasteiger partial charge in [0.2, 0.25) is 17.7 Å². The zero-order valence-electron chi connectivity index (χ0n) is 46.8. The molecule has 0 radical (unpaired) electrons. The summed E-state index contributed by atoms with van der Waals surface area (Å²) in [6.45, 7) is -5.31. The molecular formula is C48H83N3O36. The van der Waals surface area contributed by atoms with E-state index in [0.717, 1.165) is 20.8 Å². The molecule has 6 rings (SSSR count). The minimum Gasteiger partial charge on any atom is -0.394 e. The van der Waals surface area contributed by atoms with Crippen LogP contribution in [0.3, 0.4) is 0 Å². The Morgan fingerprint density at radius 2 is 0.782 bits per heavy atom. The molecule has 6 heterocycles. The second-order valence-corrected chi connectivity index (χ2v) is 21.6. The molecular weight excluding hydrogens is 1190 g/mol. The third kappa shape index (κ3) is 16.8. The van der Waals surface area contributed by atoms with Gasteiger partial charge in [-0.25, -0.2) is 0 Å². The maximum Gasteiger partial charge on any atom is 0.217 e. The molecule has 0 aromatic rings. The van der Waals surface area contributed by atoms with Crippen LogP contribution in [-0.4, -0.2) is 386 Å². The predicted octanol–water partition coefficient (Wildman–Crippen LogP) is -16.2. The highest BCUT2D eigenvalue weighted by Crippen LogP contribution is 2.37. The van der Waals surface area contributed by atoms with Gasteiger partial charge in [-0.2, -0.15) is 0 Å². The number of rotatable bonds is 26. The zero-order chi connectivity index (χ0) is 64.6. The molecule has 39 nitrogen and oxygen atoms in total. The summed E-state index contributed by atoms with van der Waals surface area (Å²) in [5, 5.41) is 233. The highest BCUT2D eigenvalue weighted by atomic mass is 16.8. The summed E-state index contributed by atoms with van der Waals surface area (Å²) in [6, 6.07) is -5.25. The normalized spacial score (nSPS) is 45.1. The maximum atomic E-state index is 12.7. The molecule has 3 amide bonds. The minimum absolute atomic E-state index is 0.764. The molecule has 0 aliphatic carbocycles. The van der Waals surface area contributed by atoms with Crippen LogP contribution in [0.1, 0.15) is 20.8 Å². The molecule has 24 N–H and O–H groups in total. The van der Waals surface area contributed by atoms with Gasteiger partial charge in [-0.15, -0.1) is 0 Å². The Morgan fingerprint density at radius 1 is 0.391 bits per heavy atom. The van der Waals surface area contributed by atoms with E-state index in [1.165, 1.54) is 0 Å². The van der Waals surface area contributed by atoms with E-state index in [4.69, 9.17) is 56.8 Å². The summed E-state index contributed by atoms with van der Waals surface area (Å²) in [5.41, 5.74) is 0. The minimum atomic E-state index is -2.36. The van der Waals surface area contributed by atoms with Gasteiger partial charge in [0.1, 0.15) is 165 Å². The number of ether oxygens (including phenoxy) is 12. The van der Waals surface area contributed by atoms with Gasteiger partial charge in [-0.05, 0) is 0 Å². The smallest absolute Gasteiger partial charge is 0.217 e. The lowest BCUT2D eigenvalue weighted by atomic mass is 9.94. The van der Waals surface area contributed by atoms with Gasteiger partial charge >= 0.3 is 0 Å². The van der Waals surface area contributed by atoms with Gasteiger partial charge in [-0.1, -0.05) is 0 Å². The molecule has 34 atom stereocenters. The second kappa shape index (κ2) is 32.6. The number of carbonyl (C=O) groups excluding carboxylic acids is 3.